The quantitative estimate of drug-likeness (QED) is 0.890. The van der Waals surface area contributed by atoms with E-state index >= 15 is 0 Å². The van der Waals surface area contributed by atoms with Gasteiger partial charge in [0.15, 0.2) is 0 Å². The van der Waals surface area contributed by atoms with E-state index in [0.717, 1.165) is 31.8 Å². The van der Waals surface area contributed by atoms with Gasteiger partial charge in [-0.3, -0.25) is 4.79 Å². The Labute approximate surface area is 115 Å². The Morgan fingerprint density at radius 3 is 2.89 bits per heavy atom. The number of amides is 1. The molecule has 4 heteroatoms. The largest absolute Gasteiger partial charge is 0.384 e. The van der Waals surface area contributed by atoms with Crippen LogP contribution in [0, 0.1) is 11.8 Å². The molecule has 1 unspecified atom stereocenters. The van der Waals surface area contributed by atoms with Crippen LogP contribution in [-0.4, -0.2) is 28.9 Å². The number of carbonyl (C=O) groups is 1. The van der Waals surface area contributed by atoms with E-state index in [-0.39, 0.29) is 5.91 Å². The van der Waals surface area contributed by atoms with E-state index in [9.17, 15) is 4.79 Å². The van der Waals surface area contributed by atoms with Crippen molar-refractivity contribution in [3.05, 3.63) is 23.9 Å². The molecule has 1 aliphatic heterocycles. The van der Waals surface area contributed by atoms with Crippen LogP contribution < -0.4 is 5.73 Å². The summed E-state index contributed by atoms with van der Waals surface area (Å²) in [6, 6.07) is 3.40. The van der Waals surface area contributed by atoms with Gasteiger partial charge >= 0.3 is 0 Å². The Morgan fingerprint density at radius 1 is 1.42 bits per heavy atom. The number of rotatable bonds is 2. The van der Waals surface area contributed by atoms with Crippen molar-refractivity contribution in [3.8, 4) is 0 Å². The predicted octanol–water partition coefficient (Wildman–Crippen LogP) is 2.56. The number of carbonyl (C=O) groups excluding carboxylic acids is 1. The van der Waals surface area contributed by atoms with Crippen LogP contribution in [0.4, 0.5) is 5.82 Å². The maximum Gasteiger partial charge on any atom is 0.254 e. The molecule has 0 aliphatic carbocycles. The molecule has 1 amide bonds. The minimum atomic E-state index is 0.0820. The first-order chi connectivity index (χ1) is 9.08. The third-order valence-corrected chi connectivity index (χ3v) is 4.03. The summed E-state index contributed by atoms with van der Waals surface area (Å²) >= 11 is 0. The minimum Gasteiger partial charge on any atom is -0.384 e. The fraction of sp³-hybridized carbons (Fsp3) is 0.600. The molecule has 4 nitrogen and oxygen atoms in total. The van der Waals surface area contributed by atoms with Crippen molar-refractivity contribution in [3.63, 3.8) is 0 Å². The second kappa shape index (κ2) is 6.04. The van der Waals surface area contributed by atoms with Crippen molar-refractivity contribution in [1.82, 2.24) is 9.88 Å². The Morgan fingerprint density at radius 2 is 2.21 bits per heavy atom. The second-order valence-corrected chi connectivity index (χ2v) is 5.70. The average Bonchev–Trinajstić information content (AvgIpc) is 2.63. The Kier molecular flexibility index (Phi) is 4.40. The molecule has 2 N–H and O–H groups in total. The van der Waals surface area contributed by atoms with E-state index in [2.05, 4.69) is 18.8 Å². The molecule has 0 spiro atoms. The molecule has 2 heterocycles. The van der Waals surface area contributed by atoms with Gasteiger partial charge in [0.25, 0.3) is 5.91 Å². The number of nitrogens with two attached hydrogens (primary N) is 1. The van der Waals surface area contributed by atoms with Gasteiger partial charge in [0.1, 0.15) is 5.82 Å². The van der Waals surface area contributed by atoms with Gasteiger partial charge in [-0.2, -0.15) is 0 Å². The summed E-state index contributed by atoms with van der Waals surface area (Å²) in [6.45, 7) is 6.24. The van der Waals surface area contributed by atoms with Crippen LogP contribution in [0.25, 0.3) is 0 Å². The summed E-state index contributed by atoms with van der Waals surface area (Å²) in [6.07, 6.45) is 5.01. The highest BCUT2D eigenvalue weighted by Gasteiger charge is 2.23. The molecule has 1 saturated heterocycles. The Bertz CT molecular complexity index is 445. The Balaban J connectivity index is 2.04. The number of pyridine rings is 1. The van der Waals surface area contributed by atoms with E-state index < -0.39 is 0 Å². The first-order valence-corrected chi connectivity index (χ1v) is 7.08. The topological polar surface area (TPSA) is 59.2 Å². The van der Waals surface area contributed by atoms with Gasteiger partial charge in [0, 0.05) is 24.8 Å². The van der Waals surface area contributed by atoms with Gasteiger partial charge in [0.05, 0.1) is 0 Å². The molecule has 1 aromatic rings. The summed E-state index contributed by atoms with van der Waals surface area (Å²) in [7, 11) is 0. The normalized spacial score (nSPS) is 20.4. The molecule has 1 aliphatic rings. The van der Waals surface area contributed by atoms with Crippen molar-refractivity contribution >= 4 is 11.7 Å². The second-order valence-electron chi connectivity index (χ2n) is 5.70. The van der Waals surface area contributed by atoms with Crippen LogP contribution in [0.15, 0.2) is 18.3 Å². The maximum atomic E-state index is 12.4. The molecule has 0 saturated carbocycles. The van der Waals surface area contributed by atoms with E-state index in [1.165, 1.54) is 6.42 Å². The lowest BCUT2D eigenvalue weighted by Crippen LogP contribution is -2.32. The van der Waals surface area contributed by atoms with E-state index in [1.807, 2.05) is 4.90 Å². The Hall–Kier alpha value is -1.58. The third-order valence-electron chi connectivity index (χ3n) is 4.03. The van der Waals surface area contributed by atoms with Crippen LogP contribution in [0.1, 0.15) is 43.5 Å². The van der Waals surface area contributed by atoms with Crippen LogP contribution >= 0.6 is 0 Å². The average molecular weight is 261 g/mol. The van der Waals surface area contributed by atoms with Crippen molar-refractivity contribution in [1.29, 1.82) is 0 Å². The maximum absolute atomic E-state index is 12.4. The van der Waals surface area contributed by atoms with Gasteiger partial charge in [0.2, 0.25) is 0 Å². The third kappa shape index (κ3) is 3.46. The summed E-state index contributed by atoms with van der Waals surface area (Å²) in [5.74, 6) is 1.92. The molecule has 0 bridgehead atoms. The fourth-order valence-electron chi connectivity index (χ4n) is 2.76. The van der Waals surface area contributed by atoms with Crippen molar-refractivity contribution in [2.75, 3.05) is 18.8 Å². The standard InChI is InChI=1S/C15H23N3O/c1-11(2)12-4-3-8-18(9-6-12)15(19)13-5-7-17-14(16)10-13/h5,7,10-12H,3-4,6,8-9H2,1-2H3,(H2,16,17). The first kappa shape index (κ1) is 13.8. The monoisotopic (exact) mass is 261 g/mol. The SMILES string of the molecule is CC(C)C1CCCN(C(=O)c2ccnc(N)c2)CC1. The highest BCUT2D eigenvalue weighted by Crippen LogP contribution is 2.25. The van der Waals surface area contributed by atoms with Gasteiger partial charge in [-0.05, 0) is 43.2 Å². The molecule has 0 aromatic carbocycles. The van der Waals surface area contributed by atoms with Crippen molar-refractivity contribution in [2.45, 2.75) is 33.1 Å². The van der Waals surface area contributed by atoms with Crippen LogP contribution in [0.5, 0.6) is 0 Å². The summed E-state index contributed by atoms with van der Waals surface area (Å²) in [4.78, 5) is 18.3. The predicted molar refractivity (Wildman–Crippen MR) is 76.7 cm³/mol. The number of nitrogens with zero attached hydrogens (tertiary/aromatic N) is 2. The number of aromatic nitrogens is 1. The minimum absolute atomic E-state index is 0.0820. The molecular formula is C15H23N3O. The highest BCUT2D eigenvalue weighted by molar-refractivity contribution is 5.94. The zero-order chi connectivity index (χ0) is 13.8. The number of hydrogen-bond acceptors (Lipinski definition) is 3. The fourth-order valence-corrected chi connectivity index (χ4v) is 2.76. The van der Waals surface area contributed by atoms with Gasteiger partial charge < -0.3 is 10.6 Å². The number of anilines is 1. The molecule has 1 aromatic heterocycles. The lowest BCUT2D eigenvalue weighted by molar-refractivity contribution is 0.0758. The van der Waals surface area contributed by atoms with Gasteiger partial charge in [-0.1, -0.05) is 13.8 Å². The first-order valence-electron chi connectivity index (χ1n) is 7.08. The van der Waals surface area contributed by atoms with Crippen LogP contribution in [0.3, 0.4) is 0 Å². The number of likely N-dealkylation sites (tertiary alicyclic amines) is 1. The molecule has 2 rings (SSSR count). The molecule has 0 radical (unpaired) electrons. The number of hydrogen-bond donors (Lipinski definition) is 1. The molecule has 1 fully saturated rings. The van der Waals surface area contributed by atoms with Crippen LogP contribution in [-0.2, 0) is 0 Å². The smallest absolute Gasteiger partial charge is 0.254 e. The van der Waals surface area contributed by atoms with E-state index in [1.54, 1.807) is 18.3 Å². The lowest BCUT2D eigenvalue weighted by atomic mass is 9.89. The summed E-state index contributed by atoms with van der Waals surface area (Å²) < 4.78 is 0. The summed E-state index contributed by atoms with van der Waals surface area (Å²) in [5.41, 5.74) is 6.29. The number of nitrogen functional groups attached to an aromatic ring is 1. The van der Waals surface area contributed by atoms with Gasteiger partial charge in [-0.15, -0.1) is 0 Å². The van der Waals surface area contributed by atoms with E-state index in [0.29, 0.717) is 17.3 Å². The van der Waals surface area contributed by atoms with Crippen molar-refractivity contribution < 1.29 is 4.79 Å². The molecular weight excluding hydrogens is 238 g/mol. The molecule has 104 valence electrons. The van der Waals surface area contributed by atoms with Crippen LogP contribution in [0.2, 0.25) is 0 Å². The summed E-state index contributed by atoms with van der Waals surface area (Å²) in [5, 5.41) is 0. The molecule has 1 atom stereocenters. The zero-order valence-corrected chi connectivity index (χ0v) is 11.8. The lowest BCUT2D eigenvalue weighted by Gasteiger charge is -2.21. The van der Waals surface area contributed by atoms with Crippen molar-refractivity contribution in [2.24, 2.45) is 11.8 Å². The van der Waals surface area contributed by atoms with E-state index in [4.69, 9.17) is 5.73 Å². The zero-order valence-electron chi connectivity index (χ0n) is 11.8. The van der Waals surface area contributed by atoms with Gasteiger partial charge in [-0.25, -0.2) is 4.98 Å². The highest BCUT2D eigenvalue weighted by atomic mass is 16.2. The molecule has 19 heavy (non-hydrogen) atoms.